The normalized spacial score (nSPS) is 15.2. The highest BCUT2D eigenvalue weighted by Crippen LogP contribution is 2.34. The quantitative estimate of drug-likeness (QED) is 0.808. The van der Waals surface area contributed by atoms with Crippen LogP contribution in [0.4, 0.5) is 5.13 Å². The van der Waals surface area contributed by atoms with Crippen molar-refractivity contribution in [3.8, 4) is 0 Å². The lowest BCUT2D eigenvalue weighted by Gasteiger charge is -2.13. The third-order valence-electron chi connectivity index (χ3n) is 2.98. The molecule has 2 rings (SSSR count). The summed E-state index contributed by atoms with van der Waals surface area (Å²) >= 11 is 1.79. The van der Waals surface area contributed by atoms with Crippen molar-refractivity contribution in [1.82, 2.24) is 10.3 Å². The minimum atomic E-state index is 0.607. The fourth-order valence-electron chi connectivity index (χ4n) is 1.76. The number of anilines is 1. The number of nitrogens with zero attached hydrogens (tertiary/aromatic N) is 2. The van der Waals surface area contributed by atoms with E-state index in [0.717, 1.165) is 23.9 Å². The number of aromatic nitrogens is 1. The molecule has 96 valence electrons. The molecule has 1 aromatic rings. The first-order chi connectivity index (χ1) is 8.26. The van der Waals surface area contributed by atoms with E-state index in [4.69, 9.17) is 9.72 Å². The number of hydrogen-bond acceptors (Lipinski definition) is 5. The summed E-state index contributed by atoms with van der Waals surface area (Å²) in [6.07, 6.45) is 2.61. The fraction of sp³-hybridized carbons (Fsp3) is 0.750. The zero-order chi connectivity index (χ0) is 12.3. The van der Waals surface area contributed by atoms with Gasteiger partial charge in [0, 0.05) is 31.6 Å². The maximum absolute atomic E-state index is 5.22. The van der Waals surface area contributed by atoms with E-state index in [-0.39, 0.29) is 0 Å². The lowest BCUT2D eigenvalue weighted by atomic mass is 10.3. The van der Waals surface area contributed by atoms with Crippen LogP contribution in [0.1, 0.15) is 30.3 Å². The van der Waals surface area contributed by atoms with E-state index in [1.807, 2.05) is 0 Å². The van der Waals surface area contributed by atoms with Crippen molar-refractivity contribution in [3.05, 3.63) is 10.6 Å². The van der Waals surface area contributed by atoms with Crippen LogP contribution in [0.5, 0.6) is 0 Å². The number of ether oxygens (including phenoxy) is 1. The van der Waals surface area contributed by atoms with Crippen LogP contribution in [-0.4, -0.2) is 31.7 Å². The van der Waals surface area contributed by atoms with E-state index in [1.54, 1.807) is 18.4 Å². The number of nitrogens with one attached hydrogen (secondary N) is 1. The van der Waals surface area contributed by atoms with Crippen LogP contribution in [-0.2, 0) is 17.9 Å². The molecule has 1 heterocycles. The maximum Gasteiger partial charge on any atom is 0.185 e. The molecule has 1 saturated carbocycles. The highest BCUT2D eigenvalue weighted by molar-refractivity contribution is 7.15. The largest absolute Gasteiger partial charge is 0.378 e. The van der Waals surface area contributed by atoms with Crippen LogP contribution in [0.3, 0.4) is 0 Å². The zero-order valence-electron chi connectivity index (χ0n) is 10.8. The summed E-state index contributed by atoms with van der Waals surface area (Å²) in [6, 6.07) is 0.712. The predicted molar refractivity (Wildman–Crippen MR) is 71.6 cm³/mol. The van der Waals surface area contributed by atoms with Crippen LogP contribution in [0.15, 0.2) is 0 Å². The molecule has 5 heteroatoms. The Labute approximate surface area is 107 Å². The Bertz CT molecular complexity index is 363. The lowest BCUT2D eigenvalue weighted by molar-refractivity contribution is 0.181. The van der Waals surface area contributed by atoms with Crippen molar-refractivity contribution in [2.45, 2.75) is 39.0 Å². The Morgan fingerprint density at radius 3 is 2.88 bits per heavy atom. The first-order valence-corrected chi connectivity index (χ1v) is 6.99. The molecule has 0 aliphatic heterocycles. The van der Waals surface area contributed by atoms with Crippen LogP contribution < -0.4 is 10.2 Å². The Balaban J connectivity index is 2.10. The average Bonchev–Trinajstić information content (AvgIpc) is 3.09. The predicted octanol–water partition coefficient (Wildman–Crippen LogP) is 2.00. The van der Waals surface area contributed by atoms with Crippen molar-refractivity contribution in [2.24, 2.45) is 0 Å². The van der Waals surface area contributed by atoms with E-state index in [2.05, 4.69) is 24.2 Å². The van der Waals surface area contributed by atoms with Crippen LogP contribution >= 0.6 is 11.3 Å². The fourth-order valence-corrected chi connectivity index (χ4v) is 2.83. The molecule has 0 saturated heterocycles. The third kappa shape index (κ3) is 3.18. The van der Waals surface area contributed by atoms with E-state index < -0.39 is 0 Å². The SMILES string of the molecule is CCNCc1sc(N(C)C2CC2)nc1COC. The van der Waals surface area contributed by atoms with E-state index in [0.29, 0.717) is 12.6 Å². The molecule has 1 N–H and O–H groups in total. The molecule has 0 bridgehead atoms. The van der Waals surface area contributed by atoms with Gasteiger partial charge in [0.05, 0.1) is 12.3 Å². The standard InChI is InChI=1S/C12H21N3OS/c1-4-13-7-11-10(8-16-3)14-12(17-11)15(2)9-5-6-9/h9,13H,4-8H2,1-3H3. The molecule has 0 radical (unpaired) electrons. The second-order valence-electron chi connectivity index (χ2n) is 4.42. The Morgan fingerprint density at radius 2 is 2.29 bits per heavy atom. The minimum Gasteiger partial charge on any atom is -0.378 e. The summed E-state index contributed by atoms with van der Waals surface area (Å²) in [5.74, 6) is 0. The van der Waals surface area contributed by atoms with Gasteiger partial charge in [-0.15, -0.1) is 11.3 Å². The van der Waals surface area contributed by atoms with E-state index >= 15 is 0 Å². The van der Waals surface area contributed by atoms with Crippen molar-refractivity contribution in [1.29, 1.82) is 0 Å². The number of methoxy groups -OCH3 is 1. The van der Waals surface area contributed by atoms with Crippen molar-refractivity contribution >= 4 is 16.5 Å². The van der Waals surface area contributed by atoms with Crippen molar-refractivity contribution in [2.75, 3.05) is 25.6 Å². The zero-order valence-corrected chi connectivity index (χ0v) is 11.6. The number of rotatable bonds is 7. The molecule has 0 atom stereocenters. The van der Waals surface area contributed by atoms with Gasteiger partial charge in [0.1, 0.15) is 0 Å². The molecular formula is C12H21N3OS. The summed E-state index contributed by atoms with van der Waals surface area (Å²) in [7, 11) is 3.87. The summed E-state index contributed by atoms with van der Waals surface area (Å²) in [5, 5.41) is 4.49. The topological polar surface area (TPSA) is 37.4 Å². The molecule has 4 nitrogen and oxygen atoms in total. The molecule has 1 aromatic heterocycles. The molecule has 0 unspecified atom stereocenters. The van der Waals surface area contributed by atoms with Gasteiger partial charge in [-0.1, -0.05) is 6.92 Å². The Hall–Kier alpha value is -0.650. The minimum absolute atomic E-state index is 0.607. The third-order valence-corrected chi connectivity index (χ3v) is 4.17. The van der Waals surface area contributed by atoms with Crippen LogP contribution in [0, 0.1) is 0 Å². The molecule has 1 aliphatic carbocycles. The number of thiazole rings is 1. The Kier molecular flexibility index (Phi) is 4.36. The van der Waals surface area contributed by atoms with Gasteiger partial charge in [-0.2, -0.15) is 0 Å². The second-order valence-corrected chi connectivity index (χ2v) is 5.48. The molecule has 1 aliphatic rings. The first-order valence-electron chi connectivity index (χ1n) is 6.17. The summed E-state index contributed by atoms with van der Waals surface area (Å²) in [4.78, 5) is 8.30. The van der Waals surface area contributed by atoms with Gasteiger partial charge in [-0.3, -0.25) is 0 Å². The summed E-state index contributed by atoms with van der Waals surface area (Å²) < 4.78 is 5.22. The first kappa shape index (κ1) is 12.8. The van der Waals surface area contributed by atoms with E-state index in [1.165, 1.54) is 17.7 Å². The highest BCUT2D eigenvalue weighted by atomic mass is 32.1. The lowest BCUT2D eigenvalue weighted by Crippen LogP contribution is -2.19. The smallest absolute Gasteiger partial charge is 0.185 e. The summed E-state index contributed by atoms with van der Waals surface area (Å²) in [5.41, 5.74) is 1.08. The molecule has 0 aromatic carbocycles. The monoisotopic (exact) mass is 255 g/mol. The van der Waals surface area contributed by atoms with Gasteiger partial charge in [0.2, 0.25) is 0 Å². The van der Waals surface area contributed by atoms with Gasteiger partial charge in [0.25, 0.3) is 0 Å². The van der Waals surface area contributed by atoms with Crippen LogP contribution in [0.25, 0.3) is 0 Å². The molecule has 0 amide bonds. The number of hydrogen-bond donors (Lipinski definition) is 1. The average molecular weight is 255 g/mol. The molecule has 1 fully saturated rings. The van der Waals surface area contributed by atoms with Crippen molar-refractivity contribution in [3.63, 3.8) is 0 Å². The molecule has 0 spiro atoms. The van der Waals surface area contributed by atoms with Gasteiger partial charge in [-0.25, -0.2) is 4.98 Å². The van der Waals surface area contributed by atoms with Gasteiger partial charge < -0.3 is 15.0 Å². The van der Waals surface area contributed by atoms with Crippen LogP contribution in [0.2, 0.25) is 0 Å². The van der Waals surface area contributed by atoms with Gasteiger partial charge >= 0.3 is 0 Å². The highest BCUT2D eigenvalue weighted by Gasteiger charge is 2.28. The molecular weight excluding hydrogens is 234 g/mol. The molecule has 17 heavy (non-hydrogen) atoms. The second kappa shape index (κ2) is 5.80. The van der Waals surface area contributed by atoms with Crippen molar-refractivity contribution < 1.29 is 4.74 Å². The van der Waals surface area contributed by atoms with E-state index in [9.17, 15) is 0 Å². The summed E-state index contributed by atoms with van der Waals surface area (Å²) in [6.45, 7) is 4.60. The van der Waals surface area contributed by atoms with Gasteiger partial charge in [-0.05, 0) is 19.4 Å². The Morgan fingerprint density at radius 1 is 1.53 bits per heavy atom. The maximum atomic E-state index is 5.22. The van der Waals surface area contributed by atoms with Gasteiger partial charge in [0.15, 0.2) is 5.13 Å².